The standard InChI is InChI=1S/C60H40N2S/c1-4-19-41(20-5-1)47-27-10-11-29-52(47)59-48(42-21-6-2-7-22-42)31-17-34-55(59)61(46-37-38-51-50-28-13-15-36-57(50)63-58(51)40-46)45-26-16-23-43(39-45)49-32-18-35-56-60(49)53-30-12-14-33-54(53)62(56)44-24-8-3-9-25-44/h1-40H. The number of rotatable bonds is 8. The highest BCUT2D eigenvalue weighted by Gasteiger charge is 2.24. The number of benzene rings is 10. The molecule has 12 rings (SSSR count). The minimum absolute atomic E-state index is 1.08. The third kappa shape index (κ3) is 6.33. The molecule has 0 fully saturated rings. The number of hydrogen-bond donors (Lipinski definition) is 0. The number of nitrogens with zero attached hydrogens (tertiary/aromatic N) is 2. The summed E-state index contributed by atoms with van der Waals surface area (Å²) in [6.45, 7) is 0. The van der Waals surface area contributed by atoms with Crippen LogP contribution < -0.4 is 4.90 Å². The van der Waals surface area contributed by atoms with Gasteiger partial charge in [-0.1, -0.05) is 182 Å². The van der Waals surface area contributed by atoms with Crippen molar-refractivity contribution < 1.29 is 0 Å². The van der Waals surface area contributed by atoms with E-state index >= 15 is 0 Å². The van der Waals surface area contributed by atoms with Crippen molar-refractivity contribution in [2.24, 2.45) is 0 Å². The highest BCUT2D eigenvalue weighted by molar-refractivity contribution is 7.25. The molecular formula is C60H40N2S. The van der Waals surface area contributed by atoms with E-state index in [1.54, 1.807) is 0 Å². The lowest BCUT2D eigenvalue weighted by molar-refractivity contribution is 1.18. The number of hydrogen-bond acceptors (Lipinski definition) is 2. The lowest BCUT2D eigenvalue weighted by Gasteiger charge is -2.30. The molecule has 0 bridgehead atoms. The van der Waals surface area contributed by atoms with Gasteiger partial charge < -0.3 is 9.47 Å². The quantitative estimate of drug-likeness (QED) is 0.148. The van der Waals surface area contributed by atoms with Crippen LogP contribution in [0.4, 0.5) is 17.1 Å². The number of aromatic nitrogens is 1. The fraction of sp³-hybridized carbons (Fsp3) is 0. The van der Waals surface area contributed by atoms with Gasteiger partial charge in [0.05, 0.1) is 16.7 Å². The van der Waals surface area contributed by atoms with Crippen LogP contribution in [0.2, 0.25) is 0 Å². The van der Waals surface area contributed by atoms with Crippen LogP contribution in [0, 0.1) is 0 Å². The van der Waals surface area contributed by atoms with Gasteiger partial charge in [-0.2, -0.15) is 0 Å². The minimum atomic E-state index is 1.08. The smallest absolute Gasteiger partial charge is 0.0547 e. The van der Waals surface area contributed by atoms with Gasteiger partial charge >= 0.3 is 0 Å². The molecule has 296 valence electrons. The molecule has 2 heterocycles. The van der Waals surface area contributed by atoms with Gasteiger partial charge in [0.2, 0.25) is 0 Å². The molecule has 0 unspecified atom stereocenters. The number of anilines is 3. The van der Waals surface area contributed by atoms with Gasteiger partial charge in [0.15, 0.2) is 0 Å². The van der Waals surface area contributed by atoms with Gasteiger partial charge in [0.25, 0.3) is 0 Å². The van der Waals surface area contributed by atoms with E-state index in [9.17, 15) is 0 Å². The van der Waals surface area contributed by atoms with Crippen molar-refractivity contribution >= 4 is 70.4 Å². The predicted molar refractivity (Wildman–Crippen MR) is 270 cm³/mol. The fourth-order valence-corrected chi connectivity index (χ4v) is 10.8. The highest BCUT2D eigenvalue weighted by Crippen LogP contribution is 2.50. The molecule has 2 aromatic heterocycles. The van der Waals surface area contributed by atoms with E-state index in [-0.39, 0.29) is 0 Å². The van der Waals surface area contributed by atoms with Crippen LogP contribution in [-0.2, 0) is 0 Å². The molecule has 2 nitrogen and oxygen atoms in total. The van der Waals surface area contributed by atoms with Crippen LogP contribution in [0.3, 0.4) is 0 Å². The summed E-state index contributed by atoms with van der Waals surface area (Å²) in [4.78, 5) is 2.49. The first-order valence-corrected chi connectivity index (χ1v) is 22.3. The van der Waals surface area contributed by atoms with Gasteiger partial charge in [-0.3, -0.25) is 0 Å². The zero-order valence-electron chi connectivity index (χ0n) is 34.4. The molecule has 0 atom stereocenters. The number of para-hydroxylation sites is 2. The van der Waals surface area contributed by atoms with E-state index in [1.165, 1.54) is 80.9 Å². The van der Waals surface area contributed by atoms with Crippen molar-refractivity contribution in [2.45, 2.75) is 0 Å². The molecule has 10 aromatic carbocycles. The normalized spacial score (nSPS) is 11.5. The Morgan fingerprint density at radius 1 is 0.333 bits per heavy atom. The van der Waals surface area contributed by atoms with Crippen molar-refractivity contribution in [3.63, 3.8) is 0 Å². The Morgan fingerprint density at radius 2 is 0.889 bits per heavy atom. The lowest BCUT2D eigenvalue weighted by Crippen LogP contribution is -2.12. The van der Waals surface area contributed by atoms with Gasteiger partial charge in [-0.15, -0.1) is 11.3 Å². The van der Waals surface area contributed by atoms with Crippen LogP contribution in [0.25, 0.3) is 92.2 Å². The summed E-state index contributed by atoms with van der Waals surface area (Å²) in [5, 5.41) is 5.06. The third-order valence-corrected chi connectivity index (χ3v) is 13.5. The third-order valence-electron chi connectivity index (χ3n) is 12.4. The molecule has 0 spiro atoms. The van der Waals surface area contributed by atoms with Gasteiger partial charge in [0.1, 0.15) is 0 Å². The highest BCUT2D eigenvalue weighted by atomic mass is 32.1. The maximum atomic E-state index is 2.49. The SMILES string of the molecule is c1ccc(-c2ccccc2-c2c(-c3ccccc3)cccc2N(c2cccc(-c3cccc4c3c3ccccc3n4-c3ccccc3)c2)c2ccc3c(c2)sc2ccccc23)cc1. The molecule has 0 radical (unpaired) electrons. The van der Waals surface area contributed by atoms with E-state index in [0.717, 1.165) is 28.3 Å². The van der Waals surface area contributed by atoms with Gasteiger partial charge in [-0.05, 0) is 99.6 Å². The molecule has 63 heavy (non-hydrogen) atoms. The van der Waals surface area contributed by atoms with E-state index in [0.29, 0.717) is 0 Å². The molecule has 0 N–H and O–H groups in total. The van der Waals surface area contributed by atoms with Crippen molar-refractivity contribution in [3.05, 3.63) is 243 Å². The molecule has 0 aliphatic rings. The van der Waals surface area contributed by atoms with Crippen molar-refractivity contribution in [1.29, 1.82) is 0 Å². The predicted octanol–water partition coefficient (Wildman–Crippen LogP) is 17.3. The first kappa shape index (κ1) is 36.8. The zero-order chi connectivity index (χ0) is 41.7. The Hall–Kier alpha value is -7.98. The first-order chi connectivity index (χ1) is 31.3. The summed E-state index contributed by atoms with van der Waals surface area (Å²) in [5.74, 6) is 0. The van der Waals surface area contributed by atoms with E-state index in [2.05, 4.69) is 252 Å². The minimum Gasteiger partial charge on any atom is -0.310 e. The molecule has 0 aliphatic carbocycles. The molecule has 0 amide bonds. The Morgan fingerprint density at radius 3 is 1.70 bits per heavy atom. The van der Waals surface area contributed by atoms with E-state index < -0.39 is 0 Å². The molecule has 0 saturated heterocycles. The van der Waals surface area contributed by atoms with Crippen LogP contribution in [-0.4, -0.2) is 4.57 Å². The number of thiophene rings is 1. The molecule has 0 saturated carbocycles. The first-order valence-electron chi connectivity index (χ1n) is 21.5. The summed E-state index contributed by atoms with van der Waals surface area (Å²) in [7, 11) is 0. The van der Waals surface area contributed by atoms with E-state index in [1.807, 2.05) is 11.3 Å². The van der Waals surface area contributed by atoms with Crippen molar-refractivity contribution in [1.82, 2.24) is 4.57 Å². The van der Waals surface area contributed by atoms with Gasteiger partial charge in [0, 0.05) is 53.6 Å². The summed E-state index contributed by atoms with van der Waals surface area (Å²) >= 11 is 1.86. The number of fused-ring (bicyclic) bond motifs is 6. The monoisotopic (exact) mass is 820 g/mol. The van der Waals surface area contributed by atoms with E-state index in [4.69, 9.17) is 0 Å². The zero-order valence-corrected chi connectivity index (χ0v) is 35.2. The summed E-state index contributed by atoms with van der Waals surface area (Å²) in [6.07, 6.45) is 0. The average molecular weight is 821 g/mol. The van der Waals surface area contributed by atoms with Crippen molar-refractivity contribution in [2.75, 3.05) is 4.90 Å². The van der Waals surface area contributed by atoms with Crippen LogP contribution in [0.5, 0.6) is 0 Å². The summed E-state index contributed by atoms with van der Waals surface area (Å²) in [5.41, 5.74) is 16.3. The second kappa shape index (κ2) is 15.5. The van der Waals surface area contributed by atoms with Crippen LogP contribution >= 0.6 is 11.3 Å². The molecule has 3 heteroatoms. The molecular weight excluding hydrogens is 781 g/mol. The Labute approximate surface area is 370 Å². The Bertz CT molecular complexity index is 3620. The van der Waals surface area contributed by atoms with Crippen molar-refractivity contribution in [3.8, 4) is 50.2 Å². The molecule has 0 aliphatic heterocycles. The largest absolute Gasteiger partial charge is 0.310 e. The van der Waals surface area contributed by atoms with Gasteiger partial charge in [-0.25, -0.2) is 0 Å². The molecule has 12 aromatic rings. The maximum Gasteiger partial charge on any atom is 0.0547 e. The van der Waals surface area contributed by atoms with Crippen LogP contribution in [0.1, 0.15) is 0 Å². The summed E-state index contributed by atoms with van der Waals surface area (Å²) < 4.78 is 4.96. The topological polar surface area (TPSA) is 8.17 Å². The fourth-order valence-electron chi connectivity index (χ4n) is 9.65. The Balaban J connectivity index is 1.13. The average Bonchev–Trinajstić information content (AvgIpc) is 3.91. The lowest BCUT2D eigenvalue weighted by atomic mass is 9.87. The second-order valence-corrected chi connectivity index (χ2v) is 17.1. The Kier molecular flexibility index (Phi) is 9.06. The maximum absolute atomic E-state index is 2.49. The summed E-state index contributed by atoms with van der Waals surface area (Å²) in [6, 6.07) is 88.5. The second-order valence-electron chi connectivity index (χ2n) is 16.0. The van der Waals surface area contributed by atoms with Crippen LogP contribution in [0.15, 0.2) is 243 Å².